The van der Waals surface area contributed by atoms with Crippen LogP contribution >= 0.6 is 0 Å². The first kappa shape index (κ1) is 18.0. The number of nitrogens with one attached hydrogen (secondary N) is 2. The first-order chi connectivity index (χ1) is 11.5. The van der Waals surface area contributed by atoms with Crippen molar-refractivity contribution >= 4 is 17.8 Å². The molecular formula is C18H24N2O4. The molecule has 0 spiro atoms. The van der Waals surface area contributed by atoms with Crippen molar-refractivity contribution in [1.82, 2.24) is 10.6 Å². The Hall–Kier alpha value is -2.37. The molecule has 0 saturated heterocycles. The molecule has 0 bridgehead atoms. The average molecular weight is 332 g/mol. The second-order valence-electron chi connectivity index (χ2n) is 6.19. The molecule has 1 aliphatic rings. The SMILES string of the molecule is CCCC[C@H](NC(=O)C1CC1c1ccc(C(=O)NC)cc1)C(=O)O. The summed E-state index contributed by atoms with van der Waals surface area (Å²) in [5.41, 5.74) is 1.58. The van der Waals surface area contributed by atoms with E-state index >= 15 is 0 Å². The molecule has 3 atom stereocenters. The first-order valence-electron chi connectivity index (χ1n) is 8.33. The highest BCUT2D eigenvalue weighted by molar-refractivity contribution is 5.94. The molecule has 1 saturated carbocycles. The van der Waals surface area contributed by atoms with Gasteiger partial charge < -0.3 is 15.7 Å². The molecule has 2 amide bonds. The highest BCUT2D eigenvalue weighted by Crippen LogP contribution is 2.47. The zero-order valence-corrected chi connectivity index (χ0v) is 14.0. The van der Waals surface area contributed by atoms with E-state index in [9.17, 15) is 19.5 Å². The van der Waals surface area contributed by atoms with Gasteiger partial charge in [-0.25, -0.2) is 4.79 Å². The lowest BCUT2D eigenvalue weighted by Crippen LogP contribution is -2.41. The van der Waals surface area contributed by atoms with Crippen LogP contribution in [0.25, 0.3) is 0 Å². The van der Waals surface area contributed by atoms with E-state index in [0.29, 0.717) is 18.4 Å². The second kappa shape index (κ2) is 7.95. The Labute approximate surface area is 141 Å². The summed E-state index contributed by atoms with van der Waals surface area (Å²) in [5.74, 6) is -1.40. The molecule has 6 heteroatoms. The fourth-order valence-electron chi connectivity index (χ4n) is 2.82. The predicted octanol–water partition coefficient (Wildman–Crippen LogP) is 1.91. The van der Waals surface area contributed by atoms with E-state index in [1.54, 1.807) is 19.2 Å². The topological polar surface area (TPSA) is 95.5 Å². The maximum absolute atomic E-state index is 12.2. The molecule has 1 aromatic rings. The number of carboxylic acids is 1. The van der Waals surface area contributed by atoms with Crippen molar-refractivity contribution < 1.29 is 19.5 Å². The molecule has 2 unspecified atom stereocenters. The van der Waals surface area contributed by atoms with Crippen LogP contribution in [0.5, 0.6) is 0 Å². The molecule has 24 heavy (non-hydrogen) atoms. The van der Waals surface area contributed by atoms with Gasteiger partial charge in [-0.05, 0) is 36.5 Å². The van der Waals surface area contributed by atoms with E-state index in [-0.39, 0.29) is 23.7 Å². The number of aliphatic carboxylic acids is 1. The Morgan fingerprint density at radius 2 is 1.92 bits per heavy atom. The lowest BCUT2D eigenvalue weighted by Gasteiger charge is -2.14. The van der Waals surface area contributed by atoms with Crippen LogP contribution in [0.15, 0.2) is 24.3 Å². The maximum Gasteiger partial charge on any atom is 0.326 e. The van der Waals surface area contributed by atoms with Gasteiger partial charge in [0, 0.05) is 18.5 Å². The van der Waals surface area contributed by atoms with E-state index < -0.39 is 12.0 Å². The Morgan fingerprint density at radius 3 is 2.46 bits per heavy atom. The summed E-state index contributed by atoms with van der Waals surface area (Å²) in [6.07, 6.45) is 2.83. The van der Waals surface area contributed by atoms with Crippen molar-refractivity contribution in [3.8, 4) is 0 Å². The van der Waals surface area contributed by atoms with E-state index in [4.69, 9.17) is 0 Å². The molecule has 0 heterocycles. The number of unbranched alkanes of at least 4 members (excludes halogenated alkanes) is 1. The number of benzene rings is 1. The van der Waals surface area contributed by atoms with Crippen LogP contribution in [-0.2, 0) is 9.59 Å². The standard InChI is InChI=1S/C18H24N2O4/c1-3-4-5-15(18(23)24)20-17(22)14-10-13(14)11-6-8-12(9-7-11)16(21)19-2/h6-9,13-15H,3-5,10H2,1-2H3,(H,19,21)(H,20,22)(H,23,24)/t13?,14?,15-/m0/s1. The summed E-state index contributed by atoms with van der Waals surface area (Å²) in [6, 6.07) is 6.38. The quantitative estimate of drug-likeness (QED) is 0.677. The molecule has 0 aromatic heterocycles. The zero-order chi connectivity index (χ0) is 17.7. The second-order valence-corrected chi connectivity index (χ2v) is 6.19. The van der Waals surface area contributed by atoms with Crippen molar-refractivity contribution in [3.63, 3.8) is 0 Å². The maximum atomic E-state index is 12.2. The third-order valence-corrected chi connectivity index (χ3v) is 4.42. The zero-order valence-electron chi connectivity index (χ0n) is 14.0. The van der Waals surface area contributed by atoms with Crippen LogP contribution in [0.1, 0.15) is 54.4 Å². The monoisotopic (exact) mass is 332 g/mol. The Bertz CT molecular complexity index is 612. The Kier molecular flexibility index (Phi) is 5.95. The van der Waals surface area contributed by atoms with Gasteiger partial charge in [0.2, 0.25) is 5.91 Å². The van der Waals surface area contributed by atoms with E-state index in [1.165, 1.54) is 0 Å². The molecule has 1 aromatic carbocycles. The molecule has 1 aliphatic carbocycles. The van der Waals surface area contributed by atoms with Crippen LogP contribution in [0.4, 0.5) is 0 Å². The van der Waals surface area contributed by atoms with Crippen molar-refractivity contribution in [3.05, 3.63) is 35.4 Å². The van der Waals surface area contributed by atoms with Crippen LogP contribution in [-0.4, -0.2) is 36.0 Å². The van der Waals surface area contributed by atoms with Gasteiger partial charge in [-0.2, -0.15) is 0 Å². The highest BCUT2D eigenvalue weighted by Gasteiger charge is 2.44. The number of rotatable bonds is 8. The minimum Gasteiger partial charge on any atom is -0.480 e. The number of carbonyl (C=O) groups excluding carboxylic acids is 2. The molecule has 0 aliphatic heterocycles. The lowest BCUT2D eigenvalue weighted by molar-refractivity contribution is -0.142. The summed E-state index contributed by atoms with van der Waals surface area (Å²) in [4.78, 5) is 35.0. The van der Waals surface area contributed by atoms with Crippen molar-refractivity contribution in [2.45, 2.75) is 44.6 Å². The highest BCUT2D eigenvalue weighted by atomic mass is 16.4. The summed E-state index contributed by atoms with van der Waals surface area (Å²) in [5, 5.41) is 14.4. The van der Waals surface area contributed by atoms with Gasteiger partial charge >= 0.3 is 5.97 Å². The van der Waals surface area contributed by atoms with Crippen LogP contribution in [0.3, 0.4) is 0 Å². The van der Waals surface area contributed by atoms with E-state index in [0.717, 1.165) is 18.4 Å². The van der Waals surface area contributed by atoms with Crippen LogP contribution in [0, 0.1) is 5.92 Å². The summed E-state index contributed by atoms with van der Waals surface area (Å²) in [6.45, 7) is 1.99. The van der Waals surface area contributed by atoms with Gasteiger partial charge in [-0.1, -0.05) is 31.9 Å². The number of hydrogen-bond donors (Lipinski definition) is 3. The molecule has 130 valence electrons. The van der Waals surface area contributed by atoms with Crippen LogP contribution in [0.2, 0.25) is 0 Å². The number of carboxylic acid groups (broad SMARTS) is 1. The van der Waals surface area contributed by atoms with E-state index in [1.807, 2.05) is 19.1 Å². The fraction of sp³-hybridized carbons (Fsp3) is 0.500. The van der Waals surface area contributed by atoms with Gasteiger partial charge in [-0.15, -0.1) is 0 Å². The molecule has 1 fully saturated rings. The van der Waals surface area contributed by atoms with E-state index in [2.05, 4.69) is 10.6 Å². The fourth-order valence-corrected chi connectivity index (χ4v) is 2.82. The predicted molar refractivity (Wildman–Crippen MR) is 89.8 cm³/mol. The van der Waals surface area contributed by atoms with Crippen molar-refractivity contribution in [2.24, 2.45) is 5.92 Å². The molecule has 3 N–H and O–H groups in total. The van der Waals surface area contributed by atoms with Crippen molar-refractivity contribution in [1.29, 1.82) is 0 Å². The molecule has 0 radical (unpaired) electrons. The summed E-state index contributed by atoms with van der Waals surface area (Å²) >= 11 is 0. The van der Waals surface area contributed by atoms with Gasteiger partial charge in [0.05, 0.1) is 0 Å². The van der Waals surface area contributed by atoms with Gasteiger partial charge in [-0.3, -0.25) is 9.59 Å². The summed E-state index contributed by atoms with van der Waals surface area (Å²) < 4.78 is 0. The van der Waals surface area contributed by atoms with Gasteiger partial charge in [0.1, 0.15) is 6.04 Å². The third-order valence-electron chi connectivity index (χ3n) is 4.42. The molecule has 6 nitrogen and oxygen atoms in total. The molecule has 2 rings (SSSR count). The number of amides is 2. The minimum atomic E-state index is -0.982. The Balaban J connectivity index is 1.92. The molecular weight excluding hydrogens is 308 g/mol. The number of hydrogen-bond acceptors (Lipinski definition) is 3. The van der Waals surface area contributed by atoms with Gasteiger partial charge in [0.15, 0.2) is 0 Å². The van der Waals surface area contributed by atoms with Crippen molar-refractivity contribution in [2.75, 3.05) is 7.05 Å². The normalized spacial score (nSPS) is 20.1. The number of carbonyl (C=O) groups is 3. The first-order valence-corrected chi connectivity index (χ1v) is 8.33. The largest absolute Gasteiger partial charge is 0.480 e. The lowest BCUT2D eigenvalue weighted by atomic mass is 10.1. The third kappa shape index (κ3) is 4.34. The van der Waals surface area contributed by atoms with Crippen LogP contribution < -0.4 is 10.6 Å². The average Bonchev–Trinajstić information content (AvgIpc) is 3.38. The van der Waals surface area contributed by atoms with Gasteiger partial charge in [0.25, 0.3) is 5.91 Å². The summed E-state index contributed by atoms with van der Waals surface area (Å²) in [7, 11) is 1.58. The smallest absolute Gasteiger partial charge is 0.326 e. The minimum absolute atomic E-state index is 0.101. The Morgan fingerprint density at radius 1 is 1.25 bits per heavy atom.